The molecule has 2 nitrogen and oxygen atoms in total. The van der Waals surface area contributed by atoms with Gasteiger partial charge in [-0.1, -0.05) is 30.7 Å². The average molecular weight is 321 g/mol. The maximum atomic E-state index is 5.94. The van der Waals surface area contributed by atoms with Gasteiger partial charge in [0.1, 0.15) is 0 Å². The maximum absolute atomic E-state index is 5.94. The molecule has 0 atom stereocenters. The summed E-state index contributed by atoms with van der Waals surface area (Å²) in [6, 6.07) is 8.09. The van der Waals surface area contributed by atoms with Crippen molar-refractivity contribution >= 4 is 22.9 Å². The summed E-state index contributed by atoms with van der Waals surface area (Å²) in [5.41, 5.74) is 2.64. The van der Waals surface area contributed by atoms with E-state index in [0.717, 1.165) is 30.5 Å². The van der Waals surface area contributed by atoms with Crippen molar-refractivity contribution in [2.45, 2.75) is 45.1 Å². The number of hydrogen-bond donors (Lipinski definition) is 1. The van der Waals surface area contributed by atoms with E-state index in [1.54, 1.807) is 0 Å². The molecule has 1 aliphatic rings. The Balaban J connectivity index is 1.72. The molecule has 1 fully saturated rings. The molecule has 0 aliphatic heterocycles. The molecule has 3 rings (SSSR count). The van der Waals surface area contributed by atoms with Crippen LogP contribution >= 0.6 is 22.9 Å². The molecule has 1 aliphatic carbocycles. The van der Waals surface area contributed by atoms with Crippen molar-refractivity contribution in [3.63, 3.8) is 0 Å². The largest absolute Gasteiger partial charge is 0.312 e. The summed E-state index contributed by atoms with van der Waals surface area (Å²) in [6.45, 7) is 4.25. The molecule has 21 heavy (non-hydrogen) atoms. The number of hydrogen-bond acceptors (Lipinski definition) is 3. The van der Waals surface area contributed by atoms with Crippen LogP contribution in [0.5, 0.6) is 0 Å². The van der Waals surface area contributed by atoms with Crippen LogP contribution in [0.3, 0.4) is 0 Å². The summed E-state index contributed by atoms with van der Waals surface area (Å²) in [5, 5.41) is 5.53. The monoisotopic (exact) mass is 320 g/mol. The first-order valence-electron chi connectivity index (χ1n) is 7.70. The van der Waals surface area contributed by atoms with E-state index < -0.39 is 0 Å². The number of benzene rings is 1. The zero-order chi connectivity index (χ0) is 14.7. The van der Waals surface area contributed by atoms with Gasteiger partial charge in [0.2, 0.25) is 0 Å². The van der Waals surface area contributed by atoms with Crippen molar-refractivity contribution in [3.8, 4) is 0 Å². The molecular formula is C17H21ClN2S. The number of thiazole rings is 1. The lowest BCUT2D eigenvalue weighted by Crippen LogP contribution is -2.13. The first-order valence-corrected chi connectivity index (χ1v) is 8.89. The van der Waals surface area contributed by atoms with Crippen LogP contribution in [-0.2, 0) is 13.0 Å². The zero-order valence-electron chi connectivity index (χ0n) is 12.4. The lowest BCUT2D eigenvalue weighted by molar-refractivity contribution is 0.676. The second kappa shape index (κ2) is 6.91. The summed E-state index contributed by atoms with van der Waals surface area (Å²) in [7, 11) is 0. The molecule has 1 N–H and O–H groups in total. The highest BCUT2D eigenvalue weighted by Gasteiger charge is 2.29. The predicted octanol–water partition coefficient (Wildman–Crippen LogP) is 4.76. The van der Waals surface area contributed by atoms with E-state index in [9.17, 15) is 0 Å². The molecule has 1 saturated carbocycles. The van der Waals surface area contributed by atoms with E-state index in [-0.39, 0.29) is 0 Å². The lowest BCUT2D eigenvalue weighted by atomic mass is 10.1. The van der Waals surface area contributed by atoms with Gasteiger partial charge in [0, 0.05) is 28.8 Å². The molecule has 0 unspecified atom stereocenters. The number of aromatic nitrogens is 1. The minimum Gasteiger partial charge on any atom is -0.312 e. The van der Waals surface area contributed by atoms with Gasteiger partial charge in [-0.2, -0.15) is 0 Å². The van der Waals surface area contributed by atoms with Crippen molar-refractivity contribution < 1.29 is 0 Å². The van der Waals surface area contributed by atoms with Crippen molar-refractivity contribution in [3.05, 3.63) is 50.4 Å². The quantitative estimate of drug-likeness (QED) is 0.744. The summed E-state index contributed by atoms with van der Waals surface area (Å²) < 4.78 is 0. The molecular weight excluding hydrogens is 300 g/mol. The van der Waals surface area contributed by atoms with Gasteiger partial charge in [0.25, 0.3) is 0 Å². The standard InChI is InChI=1S/C17H21ClN2S/c1-2-9-19-11-15-17(13-5-6-13)20-16(21-15)10-12-3-7-14(18)8-4-12/h3-4,7-8,13,19H,2,5-6,9-11H2,1H3. The van der Waals surface area contributed by atoms with E-state index in [1.165, 1.54) is 40.4 Å². The highest BCUT2D eigenvalue weighted by molar-refractivity contribution is 7.11. The third-order valence-corrected chi connectivity index (χ3v) is 5.04. The summed E-state index contributed by atoms with van der Waals surface area (Å²) >= 11 is 7.81. The molecule has 2 aromatic rings. The topological polar surface area (TPSA) is 24.9 Å². The van der Waals surface area contributed by atoms with E-state index >= 15 is 0 Å². The summed E-state index contributed by atoms with van der Waals surface area (Å²) in [4.78, 5) is 6.35. The molecule has 0 spiro atoms. The van der Waals surface area contributed by atoms with Crippen LogP contribution in [0, 0.1) is 0 Å². The second-order valence-electron chi connectivity index (χ2n) is 5.67. The highest BCUT2D eigenvalue weighted by atomic mass is 35.5. The third kappa shape index (κ3) is 4.06. The highest BCUT2D eigenvalue weighted by Crippen LogP contribution is 2.42. The Morgan fingerprint density at radius 2 is 2.05 bits per heavy atom. The van der Waals surface area contributed by atoms with Gasteiger partial charge in [0.15, 0.2) is 0 Å². The van der Waals surface area contributed by atoms with Crippen molar-refractivity contribution in [2.24, 2.45) is 0 Å². The van der Waals surface area contributed by atoms with Crippen LogP contribution in [0.25, 0.3) is 0 Å². The number of nitrogens with one attached hydrogen (secondary N) is 1. The average Bonchev–Trinajstić information content (AvgIpc) is 3.25. The fourth-order valence-electron chi connectivity index (χ4n) is 2.45. The lowest BCUT2D eigenvalue weighted by Gasteiger charge is -2.01. The van der Waals surface area contributed by atoms with Gasteiger partial charge in [-0.05, 0) is 43.5 Å². The van der Waals surface area contributed by atoms with Gasteiger partial charge in [-0.25, -0.2) is 4.98 Å². The normalized spacial score (nSPS) is 14.6. The van der Waals surface area contributed by atoms with Crippen LogP contribution in [0.1, 0.15) is 53.2 Å². The van der Waals surface area contributed by atoms with Gasteiger partial charge in [-0.3, -0.25) is 0 Å². The Morgan fingerprint density at radius 3 is 2.71 bits per heavy atom. The number of halogens is 1. The molecule has 4 heteroatoms. The fraction of sp³-hybridized carbons (Fsp3) is 0.471. The predicted molar refractivity (Wildman–Crippen MR) is 90.3 cm³/mol. The van der Waals surface area contributed by atoms with Gasteiger partial charge >= 0.3 is 0 Å². The van der Waals surface area contributed by atoms with E-state index in [4.69, 9.17) is 16.6 Å². The molecule has 1 aromatic heterocycles. The summed E-state index contributed by atoms with van der Waals surface area (Å²) in [6.07, 6.45) is 4.71. The zero-order valence-corrected chi connectivity index (χ0v) is 13.9. The first-order chi connectivity index (χ1) is 10.3. The van der Waals surface area contributed by atoms with Crippen molar-refractivity contribution in [1.82, 2.24) is 10.3 Å². The second-order valence-corrected chi connectivity index (χ2v) is 7.27. The first kappa shape index (κ1) is 15.0. The van der Waals surface area contributed by atoms with Crippen LogP contribution < -0.4 is 5.32 Å². The Bertz CT molecular complexity index is 587. The van der Waals surface area contributed by atoms with Crippen LogP contribution in [-0.4, -0.2) is 11.5 Å². The minimum absolute atomic E-state index is 0.721. The number of nitrogens with zero attached hydrogens (tertiary/aromatic N) is 1. The minimum atomic E-state index is 0.721. The van der Waals surface area contributed by atoms with Gasteiger partial charge in [0.05, 0.1) is 10.7 Å². The molecule has 112 valence electrons. The Kier molecular flexibility index (Phi) is 4.94. The van der Waals surface area contributed by atoms with Crippen LogP contribution in [0.2, 0.25) is 5.02 Å². The van der Waals surface area contributed by atoms with E-state index in [0.29, 0.717) is 0 Å². The Labute approximate surface area is 135 Å². The number of rotatable bonds is 7. The molecule has 0 bridgehead atoms. The SMILES string of the molecule is CCCNCc1sc(Cc2ccc(Cl)cc2)nc1C1CC1. The van der Waals surface area contributed by atoms with Crippen LogP contribution in [0.15, 0.2) is 24.3 Å². The van der Waals surface area contributed by atoms with Gasteiger partial charge in [-0.15, -0.1) is 11.3 Å². The van der Waals surface area contributed by atoms with Crippen molar-refractivity contribution in [1.29, 1.82) is 0 Å². The molecule has 0 radical (unpaired) electrons. The van der Waals surface area contributed by atoms with Crippen molar-refractivity contribution in [2.75, 3.05) is 6.54 Å². The van der Waals surface area contributed by atoms with Gasteiger partial charge < -0.3 is 5.32 Å². The third-order valence-electron chi connectivity index (χ3n) is 3.72. The molecule has 0 amide bonds. The Morgan fingerprint density at radius 1 is 1.29 bits per heavy atom. The smallest absolute Gasteiger partial charge is 0.0975 e. The molecule has 1 heterocycles. The summed E-state index contributed by atoms with van der Waals surface area (Å²) in [5.74, 6) is 0.721. The van der Waals surface area contributed by atoms with Crippen LogP contribution in [0.4, 0.5) is 0 Å². The maximum Gasteiger partial charge on any atom is 0.0975 e. The van der Waals surface area contributed by atoms with E-state index in [2.05, 4.69) is 24.4 Å². The van der Waals surface area contributed by atoms with E-state index in [1.807, 2.05) is 23.5 Å². The fourth-order valence-corrected chi connectivity index (χ4v) is 3.73. The molecule has 0 saturated heterocycles. The Hall–Kier alpha value is -0.900. The molecule has 1 aromatic carbocycles.